The van der Waals surface area contributed by atoms with Crippen LogP contribution < -0.4 is 5.43 Å². The van der Waals surface area contributed by atoms with Crippen molar-refractivity contribution in [1.29, 1.82) is 0 Å². The summed E-state index contributed by atoms with van der Waals surface area (Å²) >= 11 is 1.54. The number of carbonyl (C=O) groups excluding carboxylic acids is 1. The van der Waals surface area contributed by atoms with Crippen LogP contribution in [0.3, 0.4) is 0 Å². The Hall–Kier alpha value is -2.93. The number of rotatable bonds is 4. The number of carbonyl (C=O) groups is 1. The van der Waals surface area contributed by atoms with E-state index in [1.165, 1.54) is 11.3 Å². The van der Waals surface area contributed by atoms with Gasteiger partial charge in [0.15, 0.2) is 4.96 Å². The average Bonchev–Trinajstić information content (AvgIpc) is 3.22. The first-order chi connectivity index (χ1) is 11.3. The first kappa shape index (κ1) is 13.7. The van der Waals surface area contributed by atoms with Crippen LogP contribution in [-0.4, -0.2) is 26.5 Å². The molecule has 4 rings (SSSR count). The van der Waals surface area contributed by atoms with E-state index in [2.05, 4.69) is 20.5 Å². The number of hydrazone groups is 1. The fraction of sp³-hybridized carbons (Fsp3) is 0.0625. The van der Waals surface area contributed by atoms with Gasteiger partial charge in [0.2, 0.25) is 5.91 Å². The number of nitrogens with one attached hydrogen (secondary N) is 2. The summed E-state index contributed by atoms with van der Waals surface area (Å²) in [6.07, 6.45) is 7.49. The molecule has 0 saturated carbocycles. The van der Waals surface area contributed by atoms with E-state index in [1.54, 1.807) is 6.21 Å². The van der Waals surface area contributed by atoms with E-state index >= 15 is 0 Å². The van der Waals surface area contributed by atoms with Crippen LogP contribution in [0.1, 0.15) is 11.3 Å². The van der Waals surface area contributed by atoms with E-state index in [4.69, 9.17) is 0 Å². The number of aromatic nitrogens is 3. The van der Waals surface area contributed by atoms with Crippen LogP contribution in [0, 0.1) is 0 Å². The van der Waals surface area contributed by atoms with Crippen LogP contribution in [-0.2, 0) is 11.2 Å². The molecular formula is C16H13N5OS. The van der Waals surface area contributed by atoms with E-state index in [-0.39, 0.29) is 12.3 Å². The molecule has 0 bridgehead atoms. The Morgan fingerprint density at radius 3 is 3.26 bits per heavy atom. The summed E-state index contributed by atoms with van der Waals surface area (Å²) < 4.78 is 1.91. The number of aromatic amines is 1. The molecular weight excluding hydrogens is 310 g/mol. The lowest BCUT2D eigenvalue weighted by atomic mass is 10.2. The summed E-state index contributed by atoms with van der Waals surface area (Å²) in [6.45, 7) is 0. The van der Waals surface area contributed by atoms with E-state index in [0.717, 1.165) is 27.1 Å². The molecule has 1 aromatic carbocycles. The number of amides is 1. The van der Waals surface area contributed by atoms with Gasteiger partial charge in [0.1, 0.15) is 0 Å². The molecule has 4 aromatic rings. The quantitative estimate of drug-likeness (QED) is 0.447. The predicted molar refractivity (Wildman–Crippen MR) is 90.8 cm³/mol. The molecule has 23 heavy (non-hydrogen) atoms. The van der Waals surface area contributed by atoms with Crippen molar-refractivity contribution in [3.05, 3.63) is 59.5 Å². The Balaban J connectivity index is 1.41. The molecule has 0 spiro atoms. The van der Waals surface area contributed by atoms with Crippen LogP contribution in [0.15, 0.2) is 53.3 Å². The van der Waals surface area contributed by atoms with Gasteiger partial charge in [-0.3, -0.25) is 9.20 Å². The van der Waals surface area contributed by atoms with Gasteiger partial charge < -0.3 is 4.98 Å². The van der Waals surface area contributed by atoms with Gasteiger partial charge in [-0.05, 0) is 6.07 Å². The molecule has 0 unspecified atom stereocenters. The largest absolute Gasteiger partial charge is 0.361 e. The summed E-state index contributed by atoms with van der Waals surface area (Å²) in [5.41, 5.74) is 5.25. The topological polar surface area (TPSA) is 74.6 Å². The summed E-state index contributed by atoms with van der Waals surface area (Å²) in [4.78, 5) is 20.3. The molecule has 3 heterocycles. The highest BCUT2D eigenvalue weighted by atomic mass is 32.1. The van der Waals surface area contributed by atoms with Crippen molar-refractivity contribution in [3.8, 4) is 0 Å². The summed E-state index contributed by atoms with van der Waals surface area (Å²) in [5.74, 6) is -0.188. The van der Waals surface area contributed by atoms with Crippen molar-refractivity contribution in [3.63, 3.8) is 0 Å². The lowest BCUT2D eigenvalue weighted by Crippen LogP contribution is -2.19. The van der Waals surface area contributed by atoms with Gasteiger partial charge in [-0.15, -0.1) is 11.3 Å². The molecule has 2 N–H and O–H groups in total. The molecule has 3 aromatic heterocycles. The Labute approximate surface area is 135 Å². The molecule has 0 aliphatic carbocycles. The van der Waals surface area contributed by atoms with Gasteiger partial charge in [0.25, 0.3) is 0 Å². The third-order valence-corrected chi connectivity index (χ3v) is 4.27. The molecule has 114 valence electrons. The zero-order valence-corrected chi connectivity index (χ0v) is 12.9. The minimum absolute atomic E-state index is 0.188. The number of benzene rings is 1. The number of para-hydroxylation sites is 1. The van der Waals surface area contributed by atoms with Crippen molar-refractivity contribution < 1.29 is 4.79 Å². The number of hydrogen-bond acceptors (Lipinski definition) is 4. The fourth-order valence-corrected chi connectivity index (χ4v) is 3.16. The maximum absolute atomic E-state index is 11.9. The first-order valence-electron chi connectivity index (χ1n) is 7.09. The molecule has 0 aliphatic rings. The van der Waals surface area contributed by atoms with Crippen LogP contribution >= 0.6 is 11.3 Å². The monoisotopic (exact) mass is 323 g/mol. The molecule has 0 aliphatic heterocycles. The smallest absolute Gasteiger partial charge is 0.246 e. The van der Waals surface area contributed by atoms with E-state index in [9.17, 15) is 4.79 Å². The fourth-order valence-electron chi connectivity index (χ4n) is 2.44. The summed E-state index contributed by atoms with van der Waals surface area (Å²) in [7, 11) is 0. The number of imidazole rings is 1. The van der Waals surface area contributed by atoms with Crippen LogP contribution in [0.2, 0.25) is 0 Å². The van der Waals surface area contributed by atoms with Crippen LogP contribution in [0.4, 0.5) is 0 Å². The number of hydrogen-bond donors (Lipinski definition) is 2. The second kappa shape index (κ2) is 5.69. The Morgan fingerprint density at radius 2 is 2.35 bits per heavy atom. The highest BCUT2D eigenvalue weighted by molar-refractivity contribution is 7.15. The first-order valence-corrected chi connectivity index (χ1v) is 7.97. The number of nitrogens with zero attached hydrogens (tertiary/aromatic N) is 3. The maximum atomic E-state index is 11.9. The van der Waals surface area contributed by atoms with Gasteiger partial charge in [0, 0.05) is 40.4 Å². The SMILES string of the molecule is O=C(Cc1cn2ccsc2n1)N/N=C/c1c[nH]c2ccccc12. The van der Waals surface area contributed by atoms with Crippen molar-refractivity contribution in [2.45, 2.75) is 6.42 Å². The van der Waals surface area contributed by atoms with Gasteiger partial charge in [-0.25, -0.2) is 10.4 Å². The lowest BCUT2D eigenvalue weighted by molar-refractivity contribution is -0.120. The average molecular weight is 323 g/mol. The zero-order chi connectivity index (χ0) is 15.6. The minimum atomic E-state index is -0.188. The number of fused-ring (bicyclic) bond motifs is 2. The van der Waals surface area contributed by atoms with E-state index in [0.29, 0.717) is 0 Å². The minimum Gasteiger partial charge on any atom is -0.361 e. The molecule has 0 atom stereocenters. The number of thiazole rings is 1. The predicted octanol–water partition coefficient (Wildman–Crippen LogP) is 2.57. The molecule has 0 saturated heterocycles. The third kappa shape index (κ3) is 2.74. The molecule has 0 radical (unpaired) electrons. The normalized spacial score (nSPS) is 11.7. The zero-order valence-electron chi connectivity index (χ0n) is 12.1. The van der Waals surface area contributed by atoms with Gasteiger partial charge >= 0.3 is 0 Å². The highest BCUT2D eigenvalue weighted by Gasteiger charge is 2.07. The highest BCUT2D eigenvalue weighted by Crippen LogP contribution is 2.15. The standard InChI is InChI=1S/C16H13N5OS/c22-15(7-12-10-21-5-6-23-16(21)19-12)20-18-9-11-8-17-14-4-2-1-3-13(11)14/h1-6,8-10,17H,7H2,(H,20,22)/b18-9+. The van der Waals surface area contributed by atoms with Crippen molar-refractivity contribution >= 4 is 39.3 Å². The van der Waals surface area contributed by atoms with E-state index < -0.39 is 0 Å². The number of H-pyrrole nitrogens is 1. The summed E-state index contributed by atoms with van der Waals surface area (Å²) in [5, 5.41) is 7.05. The van der Waals surface area contributed by atoms with Crippen LogP contribution in [0.5, 0.6) is 0 Å². The lowest BCUT2D eigenvalue weighted by Gasteiger charge is -1.96. The van der Waals surface area contributed by atoms with Crippen molar-refractivity contribution in [2.75, 3.05) is 0 Å². The second-order valence-corrected chi connectivity index (χ2v) is 5.96. The maximum Gasteiger partial charge on any atom is 0.246 e. The molecule has 1 amide bonds. The van der Waals surface area contributed by atoms with Gasteiger partial charge in [-0.1, -0.05) is 18.2 Å². The Bertz CT molecular complexity index is 981. The molecule has 6 nitrogen and oxygen atoms in total. The van der Waals surface area contributed by atoms with E-state index in [1.807, 2.05) is 52.6 Å². The second-order valence-electron chi connectivity index (χ2n) is 5.08. The van der Waals surface area contributed by atoms with Crippen molar-refractivity contribution in [2.24, 2.45) is 5.10 Å². The molecule has 7 heteroatoms. The third-order valence-electron chi connectivity index (χ3n) is 3.50. The van der Waals surface area contributed by atoms with Crippen molar-refractivity contribution in [1.82, 2.24) is 19.8 Å². The molecule has 0 fully saturated rings. The Morgan fingerprint density at radius 1 is 1.43 bits per heavy atom. The van der Waals surface area contributed by atoms with Gasteiger partial charge in [0.05, 0.1) is 18.3 Å². The summed E-state index contributed by atoms with van der Waals surface area (Å²) in [6, 6.07) is 7.94. The Kier molecular flexibility index (Phi) is 3.39. The van der Waals surface area contributed by atoms with Crippen LogP contribution in [0.25, 0.3) is 15.9 Å². The van der Waals surface area contributed by atoms with Gasteiger partial charge in [-0.2, -0.15) is 5.10 Å².